The van der Waals surface area contributed by atoms with E-state index in [9.17, 15) is 32.8 Å². The van der Waals surface area contributed by atoms with E-state index < -0.39 is 60.2 Å². The number of nitrogens with zero attached hydrogens (tertiary/aromatic N) is 1. The minimum atomic E-state index is -1.45. The molecule has 1 aromatic rings. The Kier molecular flexibility index (Phi) is 14.1. The Balaban J connectivity index is 2.08. The fourth-order valence-electron chi connectivity index (χ4n) is 4.67. The molecule has 13 heteroatoms. The molecule has 0 spiro atoms. The number of nitrogens with one attached hydrogen (secondary N) is 3. The number of halogens is 2. The van der Waals surface area contributed by atoms with Gasteiger partial charge in [0, 0.05) is 32.5 Å². The van der Waals surface area contributed by atoms with Crippen LogP contribution in [0.4, 0.5) is 13.6 Å². The van der Waals surface area contributed by atoms with Crippen LogP contribution in [0.5, 0.6) is 0 Å². The average Bonchev–Trinajstić information content (AvgIpc) is 3.42. The van der Waals surface area contributed by atoms with Crippen LogP contribution in [0.1, 0.15) is 64.9 Å². The van der Waals surface area contributed by atoms with Crippen molar-refractivity contribution < 1.29 is 42.2 Å². The van der Waals surface area contributed by atoms with Gasteiger partial charge in [-0.05, 0) is 42.9 Å². The van der Waals surface area contributed by atoms with Crippen LogP contribution in [0.3, 0.4) is 0 Å². The minimum Gasteiger partial charge on any atom is -0.467 e. The van der Waals surface area contributed by atoms with Crippen LogP contribution in [0.15, 0.2) is 18.2 Å². The van der Waals surface area contributed by atoms with E-state index in [1.165, 1.54) is 11.8 Å². The number of rotatable bonds is 15. The van der Waals surface area contributed by atoms with Gasteiger partial charge in [-0.25, -0.2) is 23.2 Å². The van der Waals surface area contributed by atoms with Gasteiger partial charge in [-0.15, -0.1) is 0 Å². The molecule has 4 amide bonds. The lowest BCUT2D eigenvalue weighted by molar-refractivity contribution is -0.157. The Morgan fingerprint density at radius 1 is 1.00 bits per heavy atom. The number of benzene rings is 1. The Morgan fingerprint density at radius 2 is 1.69 bits per heavy atom. The van der Waals surface area contributed by atoms with E-state index in [0.717, 1.165) is 44.9 Å². The number of amides is 4. The molecular weight excluding hydrogens is 554 g/mol. The van der Waals surface area contributed by atoms with Crippen molar-refractivity contribution >= 4 is 29.8 Å². The molecule has 1 unspecified atom stereocenters. The first-order chi connectivity index (χ1) is 19.9. The van der Waals surface area contributed by atoms with Crippen molar-refractivity contribution in [2.75, 3.05) is 26.8 Å². The summed E-state index contributed by atoms with van der Waals surface area (Å²) in [6, 6.07) is -1.55. The average molecular weight is 597 g/mol. The number of hydrogen-bond donors (Lipinski definition) is 3. The third-order valence-electron chi connectivity index (χ3n) is 6.85. The highest BCUT2D eigenvalue weighted by Crippen LogP contribution is 2.19. The van der Waals surface area contributed by atoms with Crippen molar-refractivity contribution in [2.24, 2.45) is 5.92 Å². The van der Waals surface area contributed by atoms with E-state index in [0.29, 0.717) is 37.9 Å². The highest BCUT2D eigenvalue weighted by molar-refractivity contribution is 5.91. The SMILES string of the molecule is COC(=O)[C@H](COC(=O)C1CCCN1C(C)=O)NC(=O)[C@H](Cc1cc(F)cc(F)c1)NC(=O)NCCCCCC(C)C. The quantitative estimate of drug-likeness (QED) is 0.209. The number of urea groups is 1. The minimum absolute atomic E-state index is 0.0910. The van der Waals surface area contributed by atoms with Gasteiger partial charge in [0.15, 0.2) is 6.04 Å². The third kappa shape index (κ3) is 11.6. The van der Waals surface area contributed by atoms with Crippen LogP contribution >= 0.6 is 0 Å². The number of carbonyl (C=O) groups is 5. The van der Waals surface area contributed by atoms with Crippen LogP contribution in [0.25, 0.3) is 0 Å². The van der Waals surface area contributed by atoms with Crippen molar-refractivity contribution in [2.45, 2.75) is 83.8 Å². The van der Waals surface area contributed by atoms with E-state index in [1.54, 1.807) is 0 Å². The predicted octanol–water partition coefficient (Wildman–Crippen LogP) is 2.60. The lowest BCUT2D eigenvalue weighted by Gasteiger charge is -2.24. The van der Waals surface area contributed by atoms with Crippen LogP contribution in [0, 0.1) is 17.6 Å². The number of esters is 2. The Bertz CT molecular complexity index is 1080. The number of ether oxygens (including phenoxy) is 2. The van der Waals surface area contributed by atoms with Gasteiger partial charge >= 0.3 is 18.0 Å². The number of unbranched alkanes of at least 4 members (excludes halogenated alkanes) is 2. The molecule has 3 atom stereocenters. The molecular formula is C29H42F2N4O7. The number of likely N-dealkylation sites (tertiary alicyclic amines) is 1. The molecule has 0 radical (unpaired) electrons. The molecule has 11 nitrogen and oxygen atoms in total. The molecule has 1 aliphatic rings. The maximum atomic E-state index is 13.8. The van der Waals surface area contributed by atoms with E-state index in [2.05, 4.69) is 29.8 Å². The maximum Gasteiger partial charge on any atom is 0.331 e. The second-order valence-corrected chi connectivity index (χ2v) is 10.8. The first-order valence-corrected chi connectivity index (χ1v) is 14.2. The van der Waals surface area contributed by atoms with E-state index in [-0.39, 0.29) is 17.9 Å². The Morgan fingerprint density at radius 3 is 2.31 bits per heavy atom. The molecule has 1 aliphatic heterocycles. The van der Waals surface area contributed by atoms with Gasteiger partial charge in [0.05, 0.1) is 7.11 Å². The predicted molar refractivity (Wildman–Crippen MR) is 149 cm³/mol. The standard InChI is InChI=1S/C29H42F2N4O7/c1-18(2)9-6-5-7-11-32-29(40)34-23(15-20-13-21(30)16-22(31)14-20)26(37)33-24(27(38)41-4)17-42-28(39)25-10-8-12-35(25)19(3)36/h13-14,16,18,23-25H,5-12,15,17H2,1-4H3,(H,33,37)(H2,32,34,40)/t23-,24-,25?/m0/s1. The fourth-order valence-corrected chi connectivity index (χ4v) is 4.67. The van der Waals surface area contributed by atoms with Gasteiger partial charge in [0.1, 0.15) is 30.3 Å². The second-order valence-electron chi connectivity index (χ2n) is 10.8. The molecule has 3 N–H and O–H groups in total. The van der Waals surface area contributed by atoms with Crippen LogP contribution in [-0.4, -0.2) is 79.6 Å². The van der Waals surface area contributed by atoms with Gasteiger partial charge in [0.25, 0.3) is 0 Å². The van der Waals surface area contributed by atoms with E-state index >= 15 is 0 Å². The van der Waals surface area contributed by atoms with Crippen LogP contribution in [-0.2, 0) is 35.1 Å². The number of methoxy groups -OCH3 is 1. The molecule has 0 bridgehead atoms. The van der Waals surface area contributed by atoms with Crippen molar-refractivity contribution in [3.8, 4) is 0 Å². The van der Waals surface area contributed by atoms with Gasteiger partial charge in [-0.3, -0.25) is 9.59 Å². The normalized spacial score (nSPS) is 16.0. The van der Waals surface area contributed by atoms with E-state index in [1.807, 2.05) is 0 Å². The summed E-state index contributed by atoms with van der Waals surface area (Å²) in [6.07, 6.45) is 4.45. The molecule has 42 heavy (non-hydrogen) atoms. The molecule has 1 fully saturated rings. The summed E-state index contributed by atoms with van der Waals surface area (Å²) in [5.41, 5.74) is 0.0910. The van der Waals surface area contributed by atoms with Gasteiger partial charge in [-0.2, -0.15) is 0 Å². The van der Waals surface area contributed by atoms with Crippen molar-refractivity contribution in [1.82, 2.24) is 20.9 Å². The first kappa shape index (κ1) is 34.4. The molecule has 234 valence electrons. The number of hydrogen-bond acceptors (Lipinski definition) is 7. The van der Waals surface area contributed by atoms with Crippen LogP contribution in [0.2, 0.25) is 0 Å². The highest BCUT2D eigenvalue weighted by atomic mass is 19.1. The monoisotopic (exact) mass is 596 g/mol. The zero-order valence-corrected chi connectivity index (χ0v) is 24.7. The van der Waals surface area contributed by atoms with Crippen LogP contribution < -0.4 is 16.0 Å². The molecule has 0 aliphatic carbocycles. The zero-order chi connectivity index (χ0) is 31.2. The summed E-state index contributed by atoms with van der Waals surface area (Å²) >= 11 is 0. The number of carbonyl (C=O) groups excluding carboxylic acids is 5. The lowest BCUT2D eigenvalue weighted by Crippen LogP contribution is -2.55. The zero-order valence-electron chi connectivity index (χ0n) is 24.7. The lowest BCUT2D eigenvalue weighted by atomic mass is 10.0. The summed E-state index contributed by atoms with van der Waals surface area (Å²) in [6.45, 7) is 5.76. The van der Waals surface area contributed by atoms with Crippen molar-refractivity contribution in [3.63, 3.8) is 0 Å². The summed E-state index contributed by atoms with van der Waals surface area (Å²) < 4.78 is 37.6. The van der Waals surface area contributed by atoms with E-state index in [4.69, 9.17) is 9.47 Å². The van der Waals surface area contributed by atoms with Gasteiger partial charge in [-0.1, -0.05) is 33.1 Å². The molecule has 1 heterocycles. The molecule has 0 saturated carbocycles. The summed E-state index contributed by atoms with van der Waals surface area (Å²) in [7, 11) is 1.08. The maximum absolute atomic E-state index is 13.8. The molecule has 0 aromatic heterocycles. The van der Waals surface area contributed by atoms with Crippen molar-refractivity contribution in [3.05, 3.63) is 35.4 Å². The summed E-state index contributed by atoms with van der Waals surface area (Å²) in [5.74, 6) is -3.95. The van der Waals surface area contributed by atoms with Gasteiger partial charge in [0.2, 0.25) is 11.8 Å². The smallest absolute Gasteiger partial charge is 0.331 e. The first-order valence-electron chi connectivity index (χ1n) is 14.2. The van der Waals surface area contributed by atoms with Crippen molar-refractivity contribution in [1.29, 1.82) is 0 Å². The topological polar surface area (TPSA) is 143 Å². The Labute approximate surface area is 245 Å². The summed E-state index contributed by atoms with van der Waals surface area (Å²) in [5, 5.41) is 7.55. The Hall–Kier alpha value is -3.77. The fraction of sp³-hybridized carbons (Fsp3) is 0.621. The second kappa shape index (κ2) is 17.2. The van der Waals surface area contributed by atoms with Gasteiger partial charge < -0.3 is 30.3 Å². The molecule has 1 aromatic carbocycles. The summed E-state index contributed by atoms with van der Waals surface area (Å²) in [4.78, 5) is 64.1. The molecule has 2 rings (SSSR count). The molecule has 1 saturated heterocycles. The third-order valence-corrected chi connectivity index (χ3v) is 6.85. The highest BCUT2D eigenvalue weighted by Gasteiger charge is 2.35. The largest absolute Gasteiger partial charge is 0.467 e.